The zero-order chi connectivity index (χ0) is 18.5. The number of hydrogen-bond acceptors (Lipinski definition) is 2. The highest BCUT2D eigenvalue weighted by Gasteiger charge is 2.29. The number of piperazine rings is 1. The van der Waals surface area contributed by atoms with Crippen molar-refractivity contribution in [2.45, 2.75) is 19.5 Å². The van der Waals surface area contributed by atoms with E-state index in [1.807, 2.05) is 31.2 Å². The zero-order valence-electron chi connectivity index (χ0n) is 14.8. The number of halogens is 2. The first kappa shape index (κ1) is 18.7. The van der Waals surface area contributed by atoms with E-state index in [1.54, 1.807) is 12.1 Å². The molecule has 1 fully saturated rings. The molecule has 1 saturated heterocycles. The summed E-state index contributed by atoms with van der Waals surface area (Å²) in [4.78, 5) is 16.0. The largest absolute Gasteiger partial charge is 0.360 e. The second-order valence-electron chi connectivity index (χ2n) is 6.65. The maximum Gasteiger partial charge on any atom is 0.278 e. The summed E-state index contributed by atoms with van der Waals surface area (Å²) < 4.78 is 13.1. The lowest BCUT2D eigenvalue weighted by molar-refractivity contribution is -0.914. The lowest BCUT2D eigenvalue weighted by Crippen LogP contribution is -3.19. The van der Waals surface area contributed by atoms with Crippen molar-refractivity contribution in [2.24, 2.45) is 0 Å². The Hall–Kier alpha value is -2.11. The average molecular weight is 377 g/mol. The summed E-state index contributed by atoms with van der Waals surface area (Å²) in [6, 6.07) is 14.0. The Morgan fingerprint density at radius 3 is 2.50 bits per heavy atom. The van der Waals surface area contributed by atoms with Gasteiger partial charge in [-0.15, -0.1) is 0 Å². The zero-order valence-corrected chi connectivity index (χ0v) is 15.6. The van der Waals surface area contributed by atoms with Gasteiger partial charge in [0.25, 0.3) is 5.91 Å². The summed E-state index contributed by atoms with van der Waals surface area (Å²) in [7, 11) is 0. The number of nitrogens with zero attached hydrogens (tertiary/aromatic N) is 1. The number of rotatable bonds is 5. The van der Waals surface area contributed by atoms with Gasteiger partial charge >= 0.3 is 0 Å². The van der Waals surface area contributed by atoms with E-state index in [0.717, 1.165) is 37.4 Å². The van der Waals surface area contributed by atoms with E-state index in [4.69, 9.17) is 11.6 Å². The Balaban J connectivity index is 1.49. The quantitative estimate of drug-likeness (QED) is 0.836. The Labute approximate surface area is 158 Å². The van der Waals surface area contributed by atoms with Crippen molar-refractivity contribution in [3.05, 3.63) is 64.9 Å². The number of hydrogen-bond donors (Lipinski definition) is 2. The number of benzene rings is 2. The molecular formula is C20H24ClFN3O+. The van der Waals surface area contributed by atoms with Crippen LogP contribution in [-0.2, 0) is 11.3 Å². The van der Waals surface area contributed by atoms with Gasteiger partial charge < -0.3 is 15.1 Å². The molecule has 1 aliphatic rings. The third kappa shape index (κ3) is 4.54. The van der Waals surface area contributed by atoms with E-state index in [0.29, 0.717) is 11.6 Å². The molecule has 138 valence electrons. The van der Waals surface area contributed by atoms with Crippen LogP contribution in [0.3, 0.4) is 0 Å². The molecule has 0 spiro atoms. The molecule has 0 unspecified atom stereocenters. The van der Waals surface area contributed by atoms with Crippen LogP contribution < -0.4 is 15.1 Å². The average Bonchev–Trinajstić information content (AvgIpc) is 2.67. The third-order valence-electron chi connectivity index (χ3n) is 5.01. The fraction of sp³-hybridized carbons (Fsp3) is 0.350. The Morgan fingerprint density at radius 2 is 1.85 bits per heavy atom. The van der Waals surface area contributed by atoms with Crippen molar-refractivity contribution in [1.29, 1.82) is 0 Å². The summed E-state index contributed by atoms with van der Waals surface area (Å²) in [6.45, 7) is 5.85. The molecule has 0 aliphatic carbocycles. The molecule has 2 N–H and O–H groups in total. The summed E-state index contributed by atoms with van der Waals surface area (Å²) in [5.74, 6) is -0.183. The van der Waals surface area contributed by atoms with Gasteiger partial charge in [-0.25, -0.2) is 4.39 Å². The van der Waals surface area contributed by atoms with Crippen molar-refractivity contribution in [2.75, 3.05) is 31.1 Å². The number of anilines is 1. The van der Waals surface area contributed by atoms with Crippen molar-refractivity contribution in [3.8, 4) is 0 Å². The first-order valence-corrected chi connectivity index (χ1v) is 9.28. The Morgan fingerprint density at radius 1 is 1.19 bits per heavy atom. The highest BCUT2D eigenvalue weighted by Crippen LogP contribution is 2.15. The summed E-state index contributed by atoms with van der Waals surface area (Å²) in [5, 5.41) is 3.65. The fourth-order valence-electron chi connectivity index (χ4n) is 3.30. The fourth-order valence-corrected chi connectivity index (χ4v) is 3.50. The van der Waals surface area contributed by atoms with Crippen molar-refractivity contribution >= 4 is 23.2 Å². The SMILES string of the molecule is C[C@@H](C(=O)NCc1ccccc1Cl)[NH+]1CCN(c2ccc(F)cc2)CC1. The molecule has 4 nitrogen and oxygen atoms in total. The summed E-state index contributed by atoms with van der Waals surface area (Å²) in [5.41, 5.74) is 1.95. The molecule has 6 heteroatoms. The topological polar surface area (TPSA) is 36.8 Å². The van der Waals surface area contributed by atoms with Gasteiger partial charge in [-0.2, -0.15) is 0 Å². The van der Waals surface area contributed by atoms with Crippen LogP contribution >= 0.6 is 11.6 Å². The molecule has 0 saturated carbocycles. The molecule has 1 atom stereocenters. The molecule has 26 heavy (non-hydrogen) atoms. The van der Waals surface area contributed by atoms with Crippen LogP contribution in [0.2, 0.25) is 5.02 Å². The molecule has 1 aliphatic heterocycles. The molecule has 0 aromatic heterocycles. The van der Waals surface area contributed by atoms with Crippen molar-refractivity contribution in [1.82, 2.24) is 5.32 Å². The highest BCUT2D eigenvalue weighted by molar-refractivity contribution is 6.31. The van der Waals surface area contributed by atoms with Crippen LogP contribution in [-0.4, -0.2) is 38.1 Å². The first-order chi connectivity index (χ1) is 12.5. The van der Waals surface area contributed by atoms with Gasteiger partial charge in [0.1, 0.15) is 5.82 Å². The monoisotopic (exact) mass is 376 g/mol. The normalized spacial score (nSPS) is 16.3. The molecule has 1 heterocycles. The molecule has 1 amide bonds. The lowest BCUT2D eigenvalue weighted by Gasteiger charge is -2.36. The van der Waals surface area contributed by atoms with Gasteiger partial charge in [0.15, 0.2) is 6.04 Å². The third-order valence-corrected chi connectivity index (χ3v) is 5.38. The van der Waals surface area contributed by atoms with Gasteiger partial charge in [-0.1, -0.05) is 29.8 Å². The Kier molecular flexibility index (Phi) is 6.12. The number of amides is 1. The minimum atomic E-state index is -0.221. The molecule has 0 radical (unpaired) electrons. The van der Waals surface area contributed by atoms with E-state index in [9.17, 15) is 9.18 Å². The predicted octanol–water partition coefficient (Wildman–Crippen LogP) is 1.89. The second-order valence-corrected chi connectivity index (χ2v) is 7.06. The van der Waals surface area contributed by atoms with Gasteiger partial charge in [0.2, 0.25) is 0 Å². The number of nitrogens with one attached hydrogen (secondary N) is 2. The van der Waals surface area contributed by atoms with Gasteiger partial charge in [0, 0.05) is 17.3 Å². The van der Waals surface area contributed by atoms with Crippen LogP contribution in [0, 0.1) is 5.82 Å². The lowest BCUT2D eigenvalue weighted by atomic mass is 10.2. The second kappa shape index (κ2) is 8.52. The molecule has 2 aromatic rings. The molecule has 2 aromatic carbocycles. The van der Waals surface area contributed by atoms with E-state index in [-0.39, 0.29) is 17.8 Å². The van der Waals surface area contributed by atoms with Crippen LogP contribution in [0.4, 0.5) is 10.1 Å². The van der Waals surface area contributed by atoms with Crippen LogP contribution in [0.25, 0.3) is 0 Å². The summed E-state index contributed by atoms with van der Waals surface area (Å²) in [6.07, 6.45) is 0. The number of carbonyl (C=O) groups is 1. The van der Waals surface area contributed by atoms with Crippen molar-refractivity contribution < 1.29 is 14.1 Å². The number of carbonyl (C=O) groups excluding carboxylic acids is 1. The standard InChI is InChI=1S/C20H23ClFN3O/c1-15(20(26)23-14-16-4-2-3-5-19(16)21)24-10-12-25(13-11-24)18-8-6-17(22)7-9-18/h2-9,15H,10-14H2,1H3,(H,23,26)/p+1/t15-/m0/s1. The van der Waals surface area contributed by atoms with E-state index in [2.05, 4.69) is 10.2 Å². The van der Waals surface area contributed by atoms with E-state index >= 15 is 0 Å². The maximum atomic E-state index is 13.1. The predicted molar refractivity (Wildman–Crippen MR) is 102 cm³/mol. The molecule has 3 rings (SSSR count). The van der Waals surface area contributed by atoms with Gasteiger partial charge in [-0.05, 0) is 42.8 Å². The first-order valence-electron chi connectivity index (χ1n) is 8.91. The van der Waals surface area contributed by atoms with Crippen molar-refractivity contribution in [3.63, 3.8) is 0 Å². The van der Waals surface area contributed by atoms with Crippen LogP contribution in [0.1, 0.15) is 12.5 Å². The number of quaternary nitrogens is 1. The van der Waals surface area contributed by atoms with E-state index < -0.39 is 0 Å². The van der Waals surface area contributed by atoms with E-state index in [1.165, 1.54) is 17.0 Å². The minimum absolute atomic E-state index is 0.0372. The Bertz CT molecular complexity index is 745. The smallest absolute Gasteiger partial charge is 0.278 e. The van der Waals surface area contributed by atoms with Gasteiger partial charge in [0.05, 0.1) is 26.2 Å². The molecule has 0 bridgehead atoms. The van der Waals surface area contributed by atoms with Gasteiger partial charge in [-0.3, -0.25) is 4.79 Å². The van der Waals surface area contributed by atoms with Crippen LogP contribution in [0.15, 0.2) is 48.5 Å². The highest BCUT2D eigenvalue weighted by atomic mass is 35.5. The molecular weight excluding hydrogens is 353 g/mol. The van der Waals surface area contributed by atoms with Crippen LogP contribution in [0.5, 0.6) is 0 Å². The summed E-state index contributed by atoms with van der Waals surface area (Å²) >= 11 is 6.13. The maximum absolute atomic E-state index is 13.1. The minimum Gasteiger partial charge on any atom is -0.360 e.